The van der Waals surface area contributed by atoms with Gasteiger partial charge in [0.25, 0.3) is 5.91 Å². The second kappa shape index (κ2) is 7.59. The fraction of sp³-hybridized carbons (Fsp3) is 0.200. The molecule has 1 aliphatic rings. The van der Waals surface area contributed by atoms with Gasteiger partial charge in [0.15, 0.2) is 5.69 Å². The molecule has 0 bridgehead atoms. The first-order valence-corrected chi connectivity index (χ1v) is 9.63. The number of carbonyl (C=O) groups is 1. The normalized spacial score (nSPS) is 14.1. The Balaban J connectivity index is 1.66. The van der Waals surface area contributed by atoms with Crippen LogP contribution >= 0.6 is 23.2 Å². The summed E-state index contributed by atoms with van der Waals surface area (Å²) < 4.78 is 55.0. The van der Waals surface area contributed by atoms with Crippen molar-refractivity contribution >= 4 is 34.8 Å². The van der Waals surface area contributed by atoms with Gasteiger partial charge in [0.05, 0.1) is 15.7 Å². The fourth-order valence-electron chi connectivity index (χ4n) is 3.02. The highest BCUT2D eigenvalue weighted by molar-refractivity contribution is 6.40. The van der Waals surface area contributed by atoms with Crippen molar-refractivity contribution in [3.05, 3.63) is 75.3 Å². The Morgan fingerprint density at radius 1 is 1.10 bits per heavy atom. The number of aromatic nitrogens is 2. The maximum atomic E-state index is 14.8. The van der Waals surface area contributed by atoms with Crippen molar-refractivity contribution in [1.82, 2.24) is 9.78 Å². The summed E-state index contributed by atoms with van der Waals surface area (Å²) in [6, 6.07) is 9.05. The van der Waals surface area contributed by atoms with Gasteiger partial charge in [0.2, 0.25) is 0 Å². The zero-order chi connectivity index (χ0) is 21.6. The summed E-state index contributed by atoms with van der Waals surface area (Å²) in [4.78, 5) is 12.5. The Kier molecular flexibility index (Phi) is 5.23. The molecule has 1 aliphatic carbocycles. The van der Waals surface area contributed by atoms with Crippen molar-refractivity contribution < 1.29 is 22.4 Å². The van der Waals surface area contributed by atoms with E-state index in [2.05, 4.69) is 10.4 Å². The SMILES string of the molecule is O=C(Nc1c(Cl)cccc1Cl)c1ccc(-n2nc(C(F)(F)F)cc2C2CC2)c(F)c1. The molecule has 3 aromatic rings. The monoisotopic (exact) mass is 457 g/mol. The van der Waals surface area contributed by atoms with Crippen LogP contribution < -0.4 is 5.32 Å². The first-order valence-electron chi connectivity index (χ1n) is 8.87. The largest absolute Gasteiger partial charge is 0.435 e. The number of para-hydroxylation sites is 1. The number of carbonyl (C=O) groups excluding carboxylic acids is 1. The maximum Gasteiger partial charge on any atom is 0.435 e. The van der Waals surface area contributed by atoms with E-state index in [9.17, 15) is 22.4 Å². The average Bonchev–Trinajstić information content (AvgIpc) is 3.42. The number of benzene rings is 2. The second-order valence-electron chi connectivity index (χ2n) is 6.86. The first-order chi connectivity index (χ1) is 14.1. The molecular formula is C20H13Cl2F4N3O. The molecule has 2 aromatic carbocycles. The van der Waals surface area contributed by atoms with Gasteiger partial charge < -0.3 is 5.32 Å². The van der Waals surface area contributed by atoms with Crippen LogP contribution in [0.4, 0.5) is 23.2 Å². The van der Waals surface area contributed by atoms with Crippen molar-refractivity contribution in [2.24, 2.45) is 0 Å². The highest BCUT2D eigenvalue weighted by Crippen LogP contribution is 2.43. The van der Waals surface area contributed by atoms with Gasteiger partial charge in [-0.3, -0.25) is 4.79 Å². The van der Waals surface area contributed by atoms with E-state index < -0.39 is 23.6 Å². The van der Waals surface area contributed by atoms with Crippen LogP contribution in [0.5, 0.6) is 0 Å². The molecule has 0 saturated heterocycles. The van der Waals surface area contributed by atoms with Crippen LogP contribution in [0.15, 0.2) is 42.5 Å². The van der Waals surface area contributed by atoms with E-state index in [1.54, 1.807) is 6.07 Å². The third-order valence-electron chi connectivity index (χ3n) is 4.66. The summed E-state index contributed by atoms with van der Waals surface area (Å²) in [6.07, 6.45) is -3.22. The maximum absolute atomic E-state index is 14.8. The molecule has 1 fully saturated rings. The molecule has 0 aliphatic heterocycles. The predicted octanol–water partition coefficient (Wildman–Crippen LogP) is 6.47. The molecule has 1 N–H and O–H groups in total. The van der Waals surface area contributed by atoms with E-state index in [1.807, 2.05) is 0 Å². The topological polar surface area (TPSA) is 46.9 Å². The molecule has 0 radical (unpaired) electrons. The number of anilines is 1. The molecule has 10 heteroatoms. The Morgan fingerprint density at radius 2 is 1.77 bits per heavy atom. The van der Waals surface area contributed by atoms with E-state index in [0.717, 1.165) is 16.8 Å². The van der Waals surface area contributed by atoms with Crippen molar-refractivity contribution in [1.29, 1.82) is 0 Å². The number of hydrogen-bond acceptors (Lipinski definition) is 2. The lowest BCUT2D eigenvalue weighted by molar-refractivity contribution is -0.141. The van der Waals surface area contributed by atoms with Gasteiger partial charge in [-0.1, -0.05) is 29.3 Å². The fourth-order valence-corrected chi connectivity index (χ4v) is 3.51. The Hall–Kier alpha value is -2.58. The summed E-state index contributed by atoms with van der Waals surface area (Å²) in [6.45, 7) is 0. The molecule has 4 rings (SSSR count). The lowest BCUT2D eigenvalue weighted by Gasteiger charge is -2.11. The van der Waals surface area contributed by atoms with Crippen molar-refractivity contribution in [3.8, 4) is 5.69 Å². The number of hydrogen-bond donors (Lipinski definition) is 1. The number of rotatable bonds is 4. The first kappa shape index (κ1) is 20.7. The molecule has 0 atom stereocenters. The van der Waals surface area contributed by atoms with Crippen LogP contribution in [0.25, 0.3) is 5.69 Å². The summed E-state index contributed by atoms with van der Waals surface area (Å²) >= 11 is 12.0. The molecule has 1 saturated carbocycles. The van der Waals surface area contributed by atoms with Gasteiger partial charge in [0, 0.05) is 17.2 Å². The van der Waals surface area contributed by atoms with Crippen molar-refractivity contribution in [2.45, 2.75) is 24.9 Å². The van der Waals surface area contributed by atoms with Gasteiger partial charge in [-0.25, -0.2) is 9.07 Å². The minimum Gasteiger partial charge on any atom is -0.319 e. The van der Waals surface area contributed by atoms with Gasteiger partial charge in [-0.05, 0) is 49.2 Å². The minimum atomic E-state index is -4.64. The number of halogens is 6. The average molecular weight is 458 g/mol. The van der Waals surface area contributed by atoms with Crippen LogP contribution in [0.1, 0.15) is 40.5 Å². The quantitative estimate of drug-likeness (QED) is 0.456. The molecule has 0 spiro atoms. The van der Waals surface area contributed by atoms with Crippen molar-refractivity contribution in [3.63, 3.8) is 0 Å². The third-order valence-corrected chi connectivity index (χ3v) is 5.29. The highest BCUT2D eigenvalue weighted by atomic mass is 35.5. The standard InChI is InChI=1S/C20H13Cl2F4N3O/c21-12-2-1-3-13(22)18(12)27-19(30)11-6-7-15(14(23)8-11)29-16(10-4-5-10)9-17(28-29)20(24,25)26/h1-3,6-10H,4-5H2,(H,27,30). The number of alkyl halides is 3. The van der Waals surface area contributed by atoms with E-state index >= 15 is 0 Å². The molecule has 1 heterocycles. The van der Waals surface area contributed by atoms with Crippen LogP contribution in [0.2, 0.25) is 10.0 Å². The summed E-state index contributed by atoms with van der Waals surface area (Å²) in [5, 5.41) is 6.47. The van der Waals surface area contributed by atoms with Crippen LogP contribution in [0.3, 0.4) is 0 Å². The van der Waals surface area contributed by atoms with Crippen molar-refractivity contribution in [2.75, 3.05) is 5.32 Å². The third kappa shape index (κ3) is 4.02. The van der Waals surface area contributed by atoms with Crippen LogP contribution in [0, 0.1) is 5.82 Å². The smallest absolute Gasteiger partial charge is 0.319 e. The molecule has 156 valence electrons. The van der Waals surface area contributed by atoms with E-state index in [4.69, 9.17) is 23.2 Å². The van der Waals surface area contributed by atoms with Gasteiger partial charge in [-0.15, -0.1) is 0 Å². The van der Waals surface area contributed by atoms with E-state index in [0.29, 0.717) is 18.5 Å². The molecule has 1 amide bonds. The molecule has 4 nitrogen and oxygen atoms in total. The number of nitrogens with one attached hydrogen (secondary N) is 1. The Morgan fingerprint density at radius 3 is 2.33 bits per heavy atom. The van der Waals surface area contributed by atoms with Crippen LogP contribution in [-0.4, -0.2) is 15.7 Å². The molecule has 0 unspecified atom stereocenters. The van der Waals surface area contributed by atoms with E-state index in [-0.39, 0.29) is 32.9 Å². The minimum absolute atomic E-state index is 0.0524. The van der Waals surface area contributed by atoms with Gasteiger partial charge in [-0.2, -0.15) is 18.3 Å². The lowest BCUT2D eigenvalue weighted by Crippen LogP contribution is -2.14. The summed E-state index contributed by atoms with van der Waals surface area (Å²) in [7, 11) is 0. The summed E-state index contributed by atoms with van der Waals surface area (Å²) in [5.74, 6) is -1.65. The Labute approximate surface area is 178 Å². The van der Waals surface area contributed by atoms with Gasteiger partial charge in [0.1, 0.15) is 11.5 Å². The van der Waals surface area contributed by atoms with Gasteiger partial charge >= 0.3 is 6.18 Å². The molecule has 1 aromatic heterocycles. The zero-order valence-electron chi connectivity index (χ0n) is 15.1. The second-order valence-corrected chi connectivity index (χ2v) is 7.67. The molecule has 30 heavy (non-hydrogen) atoms. The predicted molar refractivity (Wildman–Crippen MR) is 105 cm³/mol. The zero-order valence-corrected chi connectivity index (χ0v) is 16.6. The summed E-state index contributed by atoms with van der Waals surface area (Å²) in [5.41, 5.74) is -0.836. The van der Waals surface area contributed by atoms with E-state index in [1.165, 1.54) is 24.3 Å². The Bertz CT molecular complexity index is 1120. The number of amides is 1. The molecular weight excluding hydrogens is 445 g/mol. The van der Waals surface area contributed by atoms with Crippen LogP contribution in [-0.2, 0) is 6.18 Å². The highest BCUT2D eigenvalue weighted by Gasteiger charge is 2.38. The number of nitrogens with zero attached hydrogens (tertiary/aromatic N) is 2. The lowest BCUT2D eigenvalue weighted by atomic mass is 10.1.